The molecule has 13 heavy (non-hydrogen) atoms. The fourth-order valence-electron chi connectivity index (χ4n) is 1.18. The molecule has 5 heteroatoms. The van der Waals surface area contributed by atoms with Crippen molar-refractivity contribution < 1.29 is 0 Å². The van der Waals surface area contributed by atoms with Crippen LogP contribution in [0.15, 0.2) is 22.3 Å². The Bertz CT molecular complexity index is 307. The van der Waals surface area contributed by atoms with Crippen LogP contribution in [0.4, 0.5) is 0 Å². The lowest BCUT2D eigenvalue weighted by molar-refractivity contribution is 0.663. The van der Waals surface area contributed by atoms with Crippen molar-refractivity contribution in [3.05, 3.63) is 33.7 Å². The molecular formula is C8H9N3S2. The van der Waals surface area contributed by atoms with Crippen LogP contribution in [0.25, 0.3) is 0 Å². The maximum atomic E-state index is 4.29. The third-order valence-electron chi connectivity index (χ3n) is 1.79. The van der Waals surface area contributed by atoms with E-state index in [-0.39, 0.29) is 6.04 Å². The van der Waals surface area contributed by atoms with Crippen LogP contribution in [-0.2, 0) is 0 Å². The van der Waals surface area contributed by atoms with Gasteiger partial charge in [-0.3, -0.25) is 0 Å². The SMILES string of the molecule is CNC(c1cscn1)c1ccsn1. The smallest absolute Gasteiger partial charge is 0.0942 e. The fraction of sp³-hybridized carbons (Fsp3) is 0.250. The van der Waals surface area contributed by atoms with E-state index in [4.69, 9.17) is 0 Å². The molecule has 0 aromatic carbocycles. The van der Waals surface area contributed by atoms with Gasteiger partial charge in [0.1, 0.15) is 0 Å². The molecule has 0 saturated heterocycles. The minimum Gasteiger partial charge on any atom is -0.307 e. The number of hydrogen-bond acceptors (Lipinski definition) is 5. The predicted molar refractivity (Wildman–Crippen MR) is 55.1 cm³/mol. The third-order valence-corrected chi connectivity index (χ3v) is 2.97. The predicted octanol–water partition coefficient (Wildman–Crippen LogP) is 1.91. The summed E-state index contributed by atoms with van der Waals surface area (Å²) in [5, 5.41) is 7.22. The summed E-state index contributed by atoms with van der Waals surface area (Å²) in [4.78, 5) is 4.26. The topological polar surface area (TPSA) is 37.8 Å². The highest BCUT2D eigenvalue weighted by Gasteiger charge is 2.14. The first-order valence-electron chi connectivity index (χ1n) is 3.87. The number of aromatic nitrogens is 2. The van der Waals surface area contributed by atoms with Gasteiger partial charge in [-0.15, -0.1) is 11.3 Å². The van der Waals surface area contributed by atoms with Crippen molar-refractivity contribution >= 4 is 22.9 Å². The molecule has 68 valence electrons. The van der Waals surface area contributed by atoms with Gasteiger partial charge in [-0.1, -0.05) is 0 Å². The maximum Gasteiger partial charge on any atom is 0.0942 e. The first kappa shape index (κ1) is 8.80. The molecule has 1 atom stereocenters. The second kappa shape index (κ2) is 3.95. The lowest BCUT2D eigenvalue weighted by Gasteiger charge is -2.09. The minimum atomic E-state index is 0.137. The van der Waals surface area contributed by atoms with Gasteiger partial charge in [-0.05, 0) is 24.6 Å². The Kier molecular flexibility index (Phi) is 2.68. The van der Waals surface area contributed by atoms with E-state index in [0.717, 1.165) is 11.4 Å². The van der Waals surface area contributed by atoms with Crippen LogP contribution in [0.2, 0.25) is 0 Å². The van der Waals surface area contributed by atoms with Gasteiger partial charge >= 0.3 is 0 Å². The zero-order valence-electron chi connectivity index (χ0n) is 7.10. The molecule has 0 bridgehead atoms. The Hall–Kier alpha value is -0.780. The zero-order valence-corrected chi connectivity index (χ0v) is 8.73. The van der Waals surface area contributed by atoms with Crippen molar-refractivity contribution in [2.24, 2.45) is 0 Å². The molecule has 1 N–H and O–H groups in total. The Balaban J connectivity index is 2.29. The van der Waals surface area contributed by atoms with E-state index in [0.29, 0.717) is 0 Å². The van der Waals surface area contributed by atoms with Crippen LogP contribution in [0, 0.1) is 0 Å². The fourth-order valence-corrected chi connectivity index (χ4v) is 2.31. The van der Waals surface area contributed by atoms with E-state index in [1.807, 2.05) is 29.4 Å². The van der Waals surface area contributed by atoms with Crippen molar-refractivity contribution in [3.63, 3.8) is 0 Å². The molecular weight excluding hydrogens is 202 g/mol. The van der Waals surface area contributed by atoms with Gasteiger partial charge in [0.25, 0.3) is 0 Å². The van der Waals surface area contributed by atoms with Gasteiger partial charge in [0.05, 0.1) is 22.9 Å². The van der Waals surface area contributed by atoms with E-state index >= 15 is 0 Å². The Labute approximate surface area is 84.6 Å². The third kappa shape index (κ3) is 1.77. The van der Waals surface area contributed by atoms with Crippen LogP contribution in [0.3, 0.4) is 0 Å². The highest BCUT2D eigenvalue weighted by molar-refractivity contribution is 7.07. The number of nitrogens with zero attached hydrogens (tertiary/aromatic N) is 2. The molecule has 2 heterocycles. The molecule has 0 aliphatic rings. The monoisotopic (exact) mass is 211 g/mol. The molecule has 1 unspecified atom stereocenters. The maximum absolute atomic E-state index is 4.29. The van der Waals surface area contributed by atoms with E-state index in [9.17, 15) is 0 Å². The van der Waals surface area contributed by atoms with Crippen molar-refractivity contribution in [2.45, 2.75) is 6.04 Å². The van der Waals surface area contributed by atoms with Crippen molar-refractivity contribution in [2.75, 3.05) is 7.05 Å². The minimum absolute atomic E-state index is 0.137. The van der Waals surface area contributed by atoms with Gasteiger partial charge in [-0.25, -0.2) is 4.98 Å². The molecule has 0 spiro atoms. The molecule has 0 aliphatic carbocycles. The summed E-state index contributed by atoms with van der Waals surface area (Å²) in [5.41, 5.74) is 3.92. The lowest BCUT2D eigenvalue weighted by Crippen LogP contribution is -2.18. The lowest BCUT2D eigenvalue weighted by atomic mass is 10.1. The summed E-state index contributed by atoms with van der Waals surface area (Å²) in [6.07, 6.45) is 0. The number of thiazole rings is 1. The first-order valence-corrected chi connectivity index (χ1v) is 5.65. The summed E-state index contributed by atoms with van der Waals surface area (Å²) in [6.45, 7) is 0. The Morgan fingerprint density at radius 1 is 1.46 bits per heavy atom. The van der Waals surface area contributed by atoms with E-state index in [1.54, 1.807) is 11.3 Å². The molecule has 0 radical (unpaired) electrons. The number of rotatable bonds is 3. The van der Waals surface area contributed by atoms with E-state index in [1.165, 1.54) is 11.5 Å². The summed E-state index contributed by atoms with van der Waals surface area (Å²) >= 11 is 3.07. The standard InChI is InChI=1S/C8H9N3S2/c1-9-8(6-2-3-13-11-6)7-4-12-5-10-7/h2-5,8-9H,1H3. The highest BCUT2D eigenvalue weighted by atomic mass is 32.1. The number of nitrogens with one attached hydrogen (secondary N) is 1. The highest BCUT2D eigenvalue weighted by Crippen LogP contribution is 2.20. The van der Waals surface area contributed by atoms with Crippen LogP contribution >= 0.6 is 22.9 Å². The van der Waals surface area contributed by atoms with Crippen LogP contribution in [-0.4, -0.2) is 16.4 Å². The molecule has 2 aromatic rings. The van der Waals surface area contributed by atoms with Crippen LogP contribution < -0.4 is 5.32 Å². The van der Waals surface area contributed by atoms with Crippen LogP contribution in [0.1, 0.15) is 17.4 Å². The molecule has 2 aromatic heterocycles. The van der Waals surface area contributed by atoms with Gasteiger partial charge in [-0.2, -0.15) is 4.37 Å². The Morgan fingerprint density at radius 2 is 2.38 bits per heavy atom. The normalized spacial score (nSPS) is 13.0. The largest absolute Gasteiger partial charge is 0.307 e. The van der Waals surface area contributed by atoms with E-state index in [2.05, 4.69) is 14.7 Å². The van der Waals surface area contributed by atoms with Gasteiger partial charge in [0, 0.05) is 10.8 Å². The molecule has 0 fully saturated rings. The summed E-state index contributed by atoms with van der Waals surface area (Å²) in [5.74, 6) is 0. The Morgan fingerprint density at radius 3 is 2.92 bits per heavy atom. The molecule has 3 nitrogen and oxygen atoms in total. The van der Waals surface area contributed by atoms with Crippen molar-refractivity contribution in [1.82, 2.24) is 14.7 Å². The second-order valence-electron chi connectivity index (χ2n) is 2.56. The molecule has 0 aliphatic heterocycles. The second-order valence-corrected chi connectivity index (χ2v) is 3.94. The van der Waals surface area contributed by atoms with Gasteiger partial charge < -0.3 is 5.32 Å². The van der Waals surface area contributed by atoms with Gasteiger partial charge in [0.2, 0.25) is 0 Å². The first-order chi connectivity index (χ1) is 6.42. The van der Waals surface area contributed by atoms with Crippen molar-refractivity contribution in [1.29, 1.82) is 0 Å². The average molecular weight is 211 g/mol. The summed E-state index contributed by atoms with van der Waals surface area (Å²) in [7, 11) is 1.92. The number of hydrogen-bond donors (Lipinski definition) is 1. The molecule has 2 rings (SSSR count). The summed E-state index contributed by atoms with van der Waals surface area (Å²) in [6, 6.07) is 2.16. The zero-order chi connectivity index (χ0) is 9.10. The van der Waals surface area contributed by atoms with E-state index < -0.39 is 0 Å². The van der Waals surface area contributed by atoms with Gasteiger partial charge in [0.15, 0.2) is 0 Å². The quantitative estimate of drug-likeness (QED) is 0.842. The average Bonchev–Trinajstić information content (AvgIpc) is 2.76. The van der Waals surface area contributed by atoms with Crippen molar-refractivity contribution in [3.8, 4) is 0 Å². The molecule has 0 saturated carbocycles. The summed E-state index contributed by atoms with van der Waals surface area (Å²) < 4.78 is 4.29. The molecule has 0 amide bonds. The van der Waals surface area contributed by atoms with Crippen LogP contribution in [0.5, 0.6) is 0 Å².